The third-order valence-electron chi connectivity index (χ3n) is 4.31. The zero-order valence-corrected chi connectivity index (χ0v) is 14.9. The number of rotatable bonds is 5. The number of nitrogens with one attached hydrogen (secondary N) is 1. The lowest BCUT2D eigenvalue weighted by Crippen LogP contribution is -2.36. The number of alkyl halides is 3. The fraction of sp³-hybridized carbons (Fsp3) is 0.263. The summed E-state index contributed by atoms with van der Waals surface area (Å²) in [7, 11) is 0. The Hall–Kier alpha value is -3.23. The van der Waals surface area contributed by atoms with E-state index in [-0.39, 0.29) is 6.54 Å². The maximum Gasteiger partial charge on any atom is 0.416 e. The van der Waals surface area contributed by atoms with E-state index >= 15 is 0 Å². The monoisotopic (exact) mass is 390 g/mol. The van der Waals surface area contributed by atoms with Crippen molar-refractivity contribution in [3.05, 3.63) is 70.0 Å². The van der Waals surface area contributed by atoms with Gasteiger partial charge in [0.25, 0.3) is 5.56 Å². The molecule has 1 aromatic heterocycles. The molecule has 1 N–H and O–H groups in total. The minimum Gasteiger partial charge on any atom is -0.348 e. The predicted octanol–water partition coefficient (Wildman–Crippen LogP) is 3.08. The number of aromatic nitrogens is 3. The van der Waals surface area contributed by atoms with Crippen molar-refractivity contribution >= 4 is 16.8 Å². The minimum absolute atomic E-state index is 0.339. The summed E-state index contributed by atoms with van der Waals surface area (Å²) in [6.45, 7) is 1.46. The van der Waals surface area contributed by atoms with Crippen LogP contribution in [0.2, 0.25) is 0 Å². The van der Waals surface area contributed by atoms with Gasteiger partial charge in [-0.05, 0) is 36.2 Å². The highest BCUT2D eigenvalue weighted by atomic mass is 19.4. The molecule has 0 spiro atoms. The Morgan fingerprint density at radius 2 is 1.82 bits per heavy atom. The van der Waals surface area contributed by atoms with Crippen LogP contribution in [0.1, 0.15) is 30.5 Å². The summed E-state index contributed by atoms with van der Waals surface area (Å²) in [6.07, 6.45) is -3.95. The second-order valence-electron chi connectivity index (χ2n) is 6.22. The first-order valence-corrected chi connectivity index (χ1v) is 8.58. The van der Waals surface area contributed by atoms with Gasteiger partial charge < -0.3 is 5.32 Å². The molecule has 1 unspecified atom stereocenters. The zero-order valence-electron chi connectivity index (χ0n) is 14.9. The number of hydrogen-bond acceptors (Lipinski definition) is 4. The van der Waals surface area contributed by atoms with Gasteiger partial charge in [0.2, 0.25) is 5.91 Å². The number of halogens is 3. The van der Waals surface area contributed by atoms with Crippen LogP contribution in [-0.4, -0.2) is 20.9 Å². The first kappa shape index (κ1) is 19.5. The van der Waals surface area contributed by atoms with E-state index in [1.54, 1.807) is 31.2 Å². The molecular formula is C19H17F3N4O2. The lowest BCUT2D eigenvalue weighted by atomic mass is 10.0. The van der Waals surface area contributed by atoms with Crippen molar-refractivity contribution in [2.24, 2.45) is 0 Å². The van der Waals surface area contributed by atoms with Gasteiger partial charge in [-0.1, -0.05) is 36.4 Å². The number of benzene rings is 2. The van der Waals surface area contributed by atoms with Gasteiger partial charge in [-0.3, -0.25) is 9.59 Å². The molecule has 0 radical (unpaired) electrons. The van der Waals surface area contributed by atoms with Crippen LogP contribution in [0.25, 0.3) is 10.9 Å². The lowest BCUT2D eigenvalue weighted by molar-refractivity contribution is -0.137. The highest BCUT2D eigenvalue weighted by molar-refractivity contribution is 5.78. The Morgan fingerprint density at radius 1 is 1.14 bits per heavy atom. The quantitative estimate of drug-likeness (QED) is 0.726. The topological polar surface area (TPSA) is 76.9 Å². The van der Waals surface area contributed by atoms with Crippen molar-refractivity contribution in [1.29, 1.82) is 0 Å². The number of carbonyl (C=O) groups is 1. The van der Waals surface area contributed by atoms with Crippen LogP contribution in [0.3, 0.4) is 0 Å². The number of amides is 1. The summed E-state index contributed by atoms with van der Waals surface area (Å²) in [4.78, 5) is 24.7. The van der Waals surface area contributed by atoms with Gasteiger partial charge in [-0.2, -0.15) is 13.2 Å². The van der Waals surface area contributed by atoms with Crippen molar-refractivity contribution in [2.75, 3.05) is 0 Å². The Balaban J connectivity index is 1.74. The largest absolute Gasteiger partial charge is 0.416 e. The van der Waals surface area contributed by atoms with E-state index in [1.807, 2.05) is 0 Å². The number of carbonyl (C=O) groups excluding carboxylic acids is 1. The van der Waals surface area contributed by atoms with E-state index in [2.05, 4.69) is 15.6 Å². The number of fused-ring (bicyclic) bond motifs is 1. The molecule has 0 aliphatic heterocycles. The third kappa shape index (κ3) is 4.19. The molecule has 0 aliphatic rings. The summed E-state index contributed by atoms with van der Waals surface area (Å²) in [5.41, 5.74) is -0.222. The van der Waals surface area contributed by atoms with Crippen LogP contribution in [0.15, 0.2) is 53.3 Å². The molecule has 1 heterocycles. The van der Waals surface area contributed by atoms with Crippen LogP contribution in [0.5, 0.6) is 0 Å². The Bertz CT molecular complexity index is 1050. The molecule has 0 bridgehead atoms. The van der Waals surface area contributed by atoms with Crippen LogP contribution >= 0.6 is 0 Å². The van der Waals surface area contributed by atoms with Gasteiger partial charge in [0.1, 0.15) is 12.1 Å². The number of hydrogen-bond donors (Lipinski definition) is 1. The molecule has 0 saturated heterocycles. The van der Waals surface area contributed by atoms with Crippen molar-refractivity contribution in [3.63, 3.8) is 0 Å². The van der Waals surface area contributed by atoms with E-state index in [9.17, 15) is 22.8 Å². The first-order chi connectivity index (χ1) is 13.3. The summed E-state index contributed by atoms with van der Waals surface area (Å²) in [5.74, 6) is -0.488. The van der Waals surface area contributed by atoms with Crippen molar-refractivity contribution < 1.29 is 18.0 Å². The molecule has 0 saturated carbocycles. The molecule has 28 heavy (non-hydrogen) atoms. The molecule has 146 valence electrons. The molecule has 1 amide bonds. The Labute approximate surface area is 158 Å². The molecule has 3 rings (SSSR count). The third-order valence-corrected chi connectivity index (χ3v) is 4.31. The van der Waals surface area contributed by atoms with Gasteiger partial charge in [-0.15, -0.1) is 5.10 Å². The van der Waals surface area contributed by atoms with Crippen LogP contribution in [-0.2, 0) is 17.5 Å². The van der Waals surface area contributed by atoms with E-state index in [1.165, 1.54) is 12.1 Å². The van der Waals surface area contributed by atoms with Gasteiger partial charge in [0.15, 0.2) is 0 Å². The van der Waals surface area contributed by atoms with Crippen LogP contribution in [0.4, 0.5) is 13.2 Å². The molecular weight excluding hydrogens is 373 g/mol. The second kappa shape index (κ2) is 7.79. The summed E-state index contributed by atoms with van der Waals surface area (Å²) in [6, 6.07) is 10.8. The number of nitrogens with zero attached hydrogens (tertiary/aromatic N) is 3. The summed E-state index contributed by atoms with van der Waals surface area (Å²) < 4.78 is 39.0. The minimum atomic E-state index is -4.42. The normalized spacial score (nSPS) is 12.7. The van der Waals surface area contributed by atoms with Gasteiger partial charge in [0.05, 0.1) is 17.0 Å². The lowest BCUT2D eigenvalue weighted by Gasteiger charge is -2.18. The standard InChI is InChI=1S/C19H17F3N4O2/c1-2-15(12-7-9-13(10-8-12)19(20,21)22)23-17(27)11-26-18(28)14-5-3-4-6-16(14)24-25-26/h3-10,15H,2,11H2,1H3,(H,23,27). The van der Waals surface area contributed by atoms with Crippen LogP contribution in [0, 0.1) is 0 Å². The predicted molar refractivity (Wildman–Crippen MR) is 96.4 cm³/mol. The van der Waals surface area contributed by atoms with E-state index in [0.717, 1.165) is 16.8 Å². The van der Waals surface area contributed by atoms with Crippen molar-refractivity contribution in [2.45, 2.75) is 32.1 Å². The highest BCUT2D eigenvalue weighted by Gasteiger charge is 2.30. The average Bonchev–Trinajstić information content (AvgIpc) is 2.68. The summed E-state index contributed by atoms with van der Waals surface area (Å²) in [5, 5.41) is 10.7. The molecule has 2 aromatic carbocycles. The van der Waals surface area contributed by atoms with Crippen molar-refractivity contribution in [1.82, 2.24) is 20.3 Å². The molecule has 9 heteroatoms. The van der Waals surface area contributed by atoms with E-state index in [4.69, 9.17) is 0 Å². The fourth-order valence-corrected chi connectivity index (χ4v) is 2.83. The smallest absolute Gasteiger partial charge is 0.348 e. The fourth-order valence-electron chi connectivity index (χ4n) is 2.83. The van der Waals surface area contributed by atoms with Gasteiger partial charge in [0, 0.05) is 0 Å². The van der Waals surface area contributed by atoms with Crippen LogP contribution < -0.4 is 10.9 Å². The maximum absolute atomic E-state index is 12.7. The average molecular weight is 390 g/mol. The summed E-state index contributed by atoms with van der Waals surface area (Å²) >= 11 is 0. The first-order valence-electron chi connectivity index (χ1n) is 8.58. The second-order valence-corrected chi connectivity index (χ2v) is 6.22. The molecule has 6 nitrogen and oxygen atoms in total. The van der Waals surface area contributed by atoms with E-state index in [0.29, 0.717) is 22.9 Å². The maximum atomic E-state index is 12.7. The molecule has 0 fully saturated rings. The zero-order chi connectivity index (χ0) is 20.3. The van der Waals surface area contributed by atoms with Gasteiger partial charge >= 0.3 is 6.18 Å². The SMILES string of the molecule is CCC(NC(=O)Cn1nnc2ccccc2c1=O)c1ccc(C(F)(F)F)cc1. The molecule has 0 aliphatic carbocycles. The van der Waals surface area contributed by atoms with E-state index < -0.39 is 29.2 Å². The van der Waals surface area contributed by atoms with Gasteiger partial charge in [-0.25, -0.2) is 4.68 Å². The molecule has 1 atom stereocenters. The molecule has 3 aromatic rings. The Morgan fingerprint density at radius 3 is 2.46 bits per heavy atom. The van der Waals surface area contributed by atoms with Crippen molar-refractivity contribution in [3.8, 4) is 0 Å². The highest BCUT2D eigenvalue weighted by Crippen LogP contribution is 2.30. The Kier molecular flexibility index (Phi) is 5.43.